The quantitative estimate of drug-likeness (QED) is 0.855. The Labute approximate surface area is 115 Å². The van der Waals surface area contributed by atoms with Crippen molar-refractivity contribution < 1.29 is 9.52 Å². The van der Waals surface area contributed by atoms with Crippen LogP contribution in [0.3, 0.4) is 0 Å². The Balaban J connectivity index is 1.97. The van der Waals surface area contributed by atoms with Crippen LogP contribution in [0.4, 0.5) is 0 Å². The van der Waals surface area contributed by atoms with Crippen LogP contribution in [0.15, 0.2) is 4.42 Å². The molecule has 1 aliphatic carbocycles. The highest BCUT2D eigenvalue weighted by Crippen LogP contribution is 2.27. The van der Waals surface area contributed by atoms with Gasteiger partial charge in [-0.2, -0.15) is 0 Å². The maximum Gasteiger partial charge on any atom is 0.230 e. The van der Waals surface area contributed by atoms with Crippen molar-refractivity contribution in [3.63, 3.8) is 0 Å². The molecule has 0 bridgehead atoms. The van der Waals surface area contributed by atoms with E-state index in [0.29, 0.717) is 24.4 Å². The maximum atomic E-state index is 8.99. The first-order chi connectivity index (χ1) is 9.00. The van der Waals surface area contributed by atoms with E-state index in [9.17, 15) is 0 Å². The van der Waals surface area contributed by atoms with Crippen LogP contribution in [0.25, 0.3) is 0 Å². The highest BCUT2D eigenvalue weighted by Gasteiger charge is 2.27. The third-order valence-electron chi connectivity index (χ3n) is 3.64. The van der Waals surface area contributed by atoms with Crippen LogP contribution in [0.5, 0.6) is 0 Å². The van der Waals surface area contributed by atoms with Gasteiger partial charge in [0.25, 0.3) is 0 Å². The molecule has 0 aliphatic heterocycles. The van der Waals surface area contributed by atoms with Gasteiger partial charge in [-0.25, -0.2) is 0 Å². The fourth-order valence-corrected chi connectivity index (χ4v) is 2.21. The molecule has 2 rings (SSSR count). The lowest BCUT2D eigenvalue weighted by Crippen LogP contribution is -2.40. The zero-order valence-electron chi connectivity index (χ0n) is 12.2. The van der Waals surface area contributed by atoms with E-state index in [-0.39, 0.29) is 12.0 Å². The average Bonchev–Trinajstić information content (AvgIpc) is 2.71. The average molecular weight is 267 g/mol. The summed E-state index contributed by atoms with van der Waals surface area (Å²) >= 11 is 0. The summed E-state index contributed by atoms with van der Waals surface area (Å²) in [5, 5.41) is 17.3. The molecule has 0 atom stereocenters. The van der Waals surface area contributed by atoms with Crippen LogP contribution in [0.2, 0.25) is 0 Å². The largest absolute Gasteiger partial charge is 0.423 e. The lowest BCUT2D eigenvalue weighted by atomic mass is 9.91. The Morgan fingerprint density at radius 3 is 2.53 bits per heavy atom. The van der Waals surface area contributed by atoms with Gasteiger partial charge in [-0.05, 0) is 19.3 Å². The van der Waals surface area contributed by atoms with Crippen LogP contribution in [-0.2, 0) is 12.0 Å². The molecular weight excluding hydrogens is 242 g/mol. The second-order valence-electron chi connectivity index (χ2n) is 6.38. The van der Waals surface area contributed by atoms with Crippen molar-refractivity contribution in [2.75, 3.05) is 13.2 Å². The van der Waals surface area contributed by atoms with E-state index >= 15 is 0 Å². The standard InChI is InChI=1S/C14H25N3O2/c1-14(2,3)13-16-15-12(19-13)10-17(8-5-9-18)11-6-4-7-11/h11,18H,4-10H2,1-3H3. The fourth-order valence-electron chi connectivity index (χ4n) is 2.21. The fraction of sp³-hybridized carbons (Fsp3) is 0.857. The van der Waals surface area contributed by atoms with Crippen LogP contribution in [0.1, 0.15) is 58.2 Å². The first kappa shape index (κ1) is 14.5. The van der Waals surface area contributed by atoms with Gasteiger partial charge in [-0.1, -0.05) is 27.2 Å². The molecule has 1 aromatic heterocycles. The molecule has 1 fully saturated rings. The maximum absolute atomic E-state index is 8.99. The molecule has 1 aromatic rings. The van der Waals surface area contributed by atoms with E-state index in [1.54, 1.807) is 0 Å². The number of aliphatic hydroxyl groups is 1. The van der Waals surface area contributed by atoms with Crippen molar-refractivity contribution in [2.24, 2.45) is 0 Å². The molecule has 1 heterocycles. The van der Waals surface area contributed by atoms with E-state index in [1.165, 1.54) is 19.3 Å². The van der Waals surface area contributed by atoms with Gasteiger partial charge in [0.2, 0.25) is 11.8 Å². The minimum Gasteiger partial charge on any atom is -0.423 e. The smallest absolute Gasteiger partial charge is 0.230 e. The highest BCUT2D eigenvalue weighted by molar-refractivity contribution is 4.96. The molecule has 5 nitrogen and oxygen atoms in total. The predicted octanol–water partition coefficient (Wildman–Crippen LogP) is 2.10. The summed E-state index contributed by atoms with van der Waals surface area (Å²) in [4.78, 5) is 2.36. The second-order valence-corrected chi connectivity index (χ2v) is 6.38. The van der Waals surface area contributed by atoms with Crippen molar-refractivity contribution in [1.29, 1.82) is 0 Å². The van der Waals surface area contributed by atoms with Crippen LogP contribution < -0.4 is 0 Å². The van der Waals surface area contributed by atoms with E-state index in [0.717, 1.165) is 13.0 Å². The second kappa shape index (κ2) is 6.01. The minimum atomic E-state index is -0.0996. The summed E-state index contributed by atoms with van der Waals surface area (Å²) in [5.41, 5.74) is -0.0996. The molecule has 0 spiro atoms. The number of rotatable bonds is 6. The van der Waals surface area contributed by atoms with Gasteiger partial charge in [0.15, 0.2) is 0 Å². The number of aliphatic hydroxyl groups excluding tert-OH is 1. The van der Waals surface area contributed by atoms with Crippen molar-refractivity contribution in [1.82, 2.24) is 15.1 Å². The minimum absolute atomic E-state index is 0.0996. The van der Waals surface area contributed by atoms with E-state index in [4.69, 9.17) is 9.52 Å². The van der Waals surface area contributed by atoms with Crippen LogP contribution in [-0.4, -0.2) is 39.4 Å². The van der Waals surface area contributed by atoms with Gasteiger partial charge in [0.1, 0.15) is 0 Å². The molecule has 1 saturated carbocycles. The van der Waals surface area contributed by atoms with E-state index in [2.05, 4.69) is 35.9 Å². The molecule has 0 unspecified atom stereocenters. The van der Waals surface area contributed by atoms with Gasteiger partial charge < -0.3 is 9.52 Å². The molecule has 108 valence electrons. The SMILES string of the molecule is CC(C)(C)c1nnc(CN(CCCO)C2CCC2)o1. The monoisotopic (exact) mass is 267 g/mol. The molecule has 0 saturated heterocycles. The number of nitrogens with zero attached hydrogens (tertiary/aromatic N) is 3. The molecular formula is C14H25N3O2. The van der Waals surface area contributed by atoms with Crippen molar-refractivity contribution in [2.45, 2.75) is 64.5 Å². The number of aromatic nitrogens is 2. The third-order valence-corrected chi connectivity index (χ3v) is 3.64. The normalized spacial score (nSPS) is 16.9. The van der Waals surface area contributed by atoms with Crippen molar-refractivity contribution in [3.05, 3.63) is 11.8 Å². The van der Waals surface area contributed by atoms with Crippen LogP contribution >= 0.6 is 0 Å². The summed E-state index contributed by atoms with van der Waals surface area (Å²) < 4.78 is 5.75. The van der Waals surface area contributed by atoms with E-state index < -0.39 is 0 Å². The summed E-state index contributed by atoms with van der Waals surface area (Å²) in [6, 6.07) is 0.622. The summed E-state index contributed by atoms with van der Waals surface area (Å²) in [6.45, 7) is 8.04. The van der Waals surface area contributed by atoms with Gasteiger partial charge >= 0.3 is 0 Å². The van der Waals surface area contributed by atoms with Gasteiger partial charge in [0.05, 0.1) is 6.54 Å². The molecule has 0 aromatic carbocycles. The Kier molecular flexibility index (Phi) is 4.58. The van der Waals surface area contributed by atoms with Crippen molar-refractivity contribution >= 4 is 0 Å². The first-order valence-electron chi connectivity index (χ1n) is 7.18. The Morgan fingerprint density at radius 1 is 1.32 bits per heavy atom. The molecule has 1 N–H and O–H groups in total. The molecule has 0 amide bonds. The number of hydrogen-bond donors (Lipinski definition) is 1. The summed E-state index contributed by atoms with van der Waals surface area (Å²) in [5.74, 6) is 1.38. The Bertz CT molecular complexity index is 394. The highest BCUT2D eigenvalue weighted by atomic mass is 16.4. The van der Waals surface area contributed by atoms with E-state index in [1.807, 2.05) is 0 Å². The van der Waals surface area contributed by atoms with Crippen LogP contribution in [0, 0.1) is 0 Å². The molecule has 0 radical (unpaired) electrons. The predicted molar refractivity (Wildman–Crippen MR) is 72.7 cm³/mol. The zero-order valence-corrected chi connectivity index (χ0v) is 12.2. The Morgan fingerprint density at radius 2 is 2.05 bits per heavy atom. The lowest BCUT2D eigenvalue weighted by molar-refractivity contribution is 0.0986. The molecule has 1 aliphatic rings. The zero-order chi connectivity index (χ0) is 13.9. The molecule has 5 heteroatoms. The van der Waals surface area contributed by atoms with Gasteiger partial charge in [-0.3, -0.25) is 4.90 Å². The number of hydrogen-bond acceptors (Lipinski definition) is 5. The van der Waals surface area contributed by atoms with Crippen molar-refractivity contribution in [3.8, 4) is 0 Å². The lowest BCUT2D eigenvalue weighted by Gasteiger charge is -2.36. The first-order valence-corrected chi connectivity index (χ1v) is 7.18. The topological polar surface area (TPSA) is 62.4 Å². The summed E-state index contributed by atoms with van der Waals surface area (Å²) in [7, 11) is 0. The van der Waals surface area contributed by atoms with Gasteiger partial charge in [-0.15, -0.1) is 10.2 Å². The Hall–Kier alpha value is -0.940. The van der Waals surface area contributed by atoms with Gasteiger partial charge in [0, 0.05) is 24.6 Å². The molecule has 19 heavy (non-hydrogen) atoms. The summed E-state index contributed by atoms with van der Waals surface area (Å²) in [6.07, 6.45) is 4.59. The third kappa shape index (κ3) is 3.76.